The second-order valence-corrected chi connectivity index (χ2v) is 7.62. The number of benzene rings is 2. The zero-order valence-electron chi connectivity index (χ0n) is 15.8. The Hall–Kier alpha value is -2.83. The Kier molecular flexibility index (Phi) is 5.83. The van der Waals surface area contributed by atoms with Crippen LogP contribution in [0.5, 0.6) is 5.75 Å². The first-order valence-electron chi connectivity index (χ1n) is 9.60. The second-order valence-electron chi connectivity index (χ2n) is 7.19. The van der Waals surface area contributed by atoms with Crippen LogP contribution in [0, 0.1) is 5.92 Å². The molecule has 0 unspecified atom stereocenters. The molecule has 150 valence electrons. The largest absolute Gasteiger partial charge is 0.506 e. The fourth-order valence-corrected chi connectivity index (χ4v) is 3.71. The molecule has 1 saturated heterocycles. The SMILES string of the molecule is O=C(Nc1ccccc1O)C1CCN(Cc2ncc(-c3cccc(Cl)c3)o2)CC1. The number of hydrogen-bond donors (Lipinski definition) is 2. The Balaban J connectivity index is 1.30. The van der Waals surface area contributed by atoms with Crippen LogP contribution in [0.3, 0.4) is 0 Å². The van der Waals surface area contributed by atoms with Crippen LogP contribution in [-0.2, 0) is 11.3 Å². The zero-order chi connectivity index (χ0) is 20.2. The smallest absolute Gasteiger partial charge is 0.227 e. The Morgan fingerprint density at radius 3 is 2.76 bits per heavy atom. The number of phenolic OH excluding ortho intramolecular Hbond substituents is 1. The van der Waals surface area contributed by atoms with Crippen molar-refractivity contribution in [2.75, 3.05) is 18.4 Å². The summed E-state index contributed by atoms with van der Waals surface area (Å²) in [6, 6.07) is 14.3. The van der Waals surface area contributed by atoms with Crippen molar-refractivity contribution in [3.05, 3.63) is 65.6 Å². The first-order valence-corrected chi connectivity index (χ1v) is 9.98. The molecule has 0 aliphatic carbocycles. The van der Waals surface area contributed by atoms with Gasteiger partial charge in [0.05, 0.1) is 18.4 Å². The molecule has 0 radical (unpaired) electrons. The Morgan fingerprint density at radius 2 is 2.00 bits per heavy atom. The van der Waals surface area contributed by atoms with E-state index in [0.29, 0.717) is 28.9 Å². The van der Waals surface area contributed by atoms with Crippen molar-refractivity contribution in [1.82, 2.24) is 9.88 Å². The summed E-state index contributed by atoms with van der Waals surface area (Å²) in [6.45, 7) is 2.18. The van der Waals surface area contributed by atoms with E-state index in [1.807, 2.05) is 24.3 Å². The molecule has 1 aromatic heterocycles. The molecule has 0 atom stereocenters. The van der Waals surface area contributed by atoms with Crippen LogP contribution in [-0.4, -0.2) is 34.0 Å². The summed E-state index contributed by atoms with van der Waals surface area (Å²) in [5.41, 5.74) is 1.35. The first-order chi connectivity index (χ1) is 14.1. The Morgan fingerprint density at radius 1 is 1.21 bits per heavy atom. The molecule has 2 N–H and O–H groups in total. The highest BCUT2D eigenvalue weighted by atomic mass is 35.5. The molecule has 0 saturated carbocycles. The third-order valence-electron chi connectivity index (χ3n) is 5.14. The van der Waals surface area contributed by atoms with Crippen molar-refractivity contribution in [2.24, 2.45) is 5.92 Å². The zero-order valence-corrected chi connectivity index (χ0v) is 16.6. The maximum absolute atomic E-state index is 12.5. The van der Waals surface area contributed by atoms with Gasteiger partial charge in [-0.05, 0) is 50.2 Å². The minimum absolute atomic E-state index is 0.0504. The van der Waals surface area contributed by atoms with Gasteiger partial charge in [0.1, 0.15) is 5.75 Å². The molecule has 1 fully saturated rings. The number of aromatic nitrogens is 1. The van der Waals surface area contributed by atoms with Gasteiger partial charge in [0.15, 0.2) is 5.76 Å². The minimum atomic E-state index is -0.0718. The van der Waals surface area contributed by atoms with Crippen molar-refractivity contribution in [1.29, 1.82) is 0 Å². The molecular weight excluding hydrogens is 390 g/mol. The third kappa shape index (κ3) is 4.78. The van der Waals surface area contributed by atoms with E-state index < -0.39 is 0 Å². The third-order valence-corrected chi connectivity index (χ3v) is 5.38. The van der Waals surface area contributed by atoms with Gasteiger partial charge in [-0.1, -0.05) is 35.9 Å². The van der Waals surface area contributed by atoms with E-state index in [-0.39, 0.29) is 17.6 Å². The van der Waals surface area contributed by atoms with Crippen molar-refractivity contribution in [3.63, 3.8) is 0 Å². The van der Waals surface area contributed by atoms with E-state index in [1.54, 1.807) is 30.5 Å². The van der Waals surface area contributed by atoms with Crippen LogP contribution in [0.1, 0.15) is 18.7 Å². The number of para-hydroxylation sites is 2. The number of nitrogens with zero attached hydrogens (tertiary/aromatic N) is 2. The lowest BCUT2D eigenvalue weighted by atomic mass is 9.96. The molecule has 2 heterocycles. The Labute approximate surface area is 174 Å². The maximum atomic E-state index is 12.5. The number of oxazole rings is 1. The number of nitrogens with one attached hydrogen (secondary N) is 1. The molecular formula is C22H22ClN3O3. The number of piperidine rings is 1. The number of halogens is 1. The average molecular weight is 412 g/mol. The van der Waals surface area contributed by atoms with Crippen molar-refractivity contribution < 1.29 is 14.3 Å². The average Bonchev–Trinajstić information content (AvgIpc) is 3.19. The summed E-state index contributed by atoms with van der Waals surface area (Å²) in [5.74, 6) is 1.30. The van der Waals surface area contributed by atoms with E-state index in [2.05, 4.69) is 15.2 Å². The molecule has 1 amide bonds. The number of hydrogen-bond acceptors (Lipinski definition) is 5. The monoisotopic (exact) mass is 411 g/mol. The fraction of sp³-hybridized carbons (Fsp3) is 0.273. The van der Waals surface area contributed by atoms with Crippen LogP contribution in [0.2, 0.25) is 5.02 Å². The van der Waals surface area contributed by atoms with E-state index in [9.17, 15) is 9.90 Å². The van der Waals surface area contributed by atoms with Gasteiger partial charge in [-0.25, -0.2) is 4.98 Å². The van der Waals surface area contributed by atoms with Crippen molar-refractivity contribution >= 4 is 23.2 Å². The Bertz CT molecular complexity index is 996. The van der Waals surface area contributed by atoms with Crippen LogP contribution >= 0.6 is 11.6 Å². The molecule has 0 bridgehead atoms. The van der Waals surface area contributed by atoms with Gasteiger partial charge in [0.25, 0.3) is 0 Å². The summed E-state index contributed by atoms with van der Waals surface area (Å²) in [6.07, 6.45) is 3.22. The quantitative estimate of drug-likeness (QED) is 0.602. The molecule has 0 spiro atoms. The number of rotatable bonds is 5. The van der Waals surface area contributed by atoms with E-state index in [4.69, 9.17) is 16.0 Å². The van der Waals surface area contributed by atoms with Crippen LogP contribution < -0.4 is 5.32 Å². The maximum Gasteiger partial charge on any atom is 0.227 e. The van der Waals surface area contributed by atoms with Crippen LogP contribution in [0.15, 0.2) is 59.1 Å². The van der Waals surface area contributed by atoms with Gasteiger partial charge in [0.2, 0.25) is 11.8 Å². The number of aromatic hydroxyl groups is 1. The lowest BCUT2D eigenvalue weighted by molar-refractivity contribution is -0.121. The highest BCUT2D eigenvalue weighted by molar-refractivity contribution is 6.30. The predicted molar refractivity (Wildman–Crippen MR) is 112 cm³/mol. The van der Waals surface area contributed by atoms with Crippen LogP contribution in [0.4, 0.5) is 5.69 Å². The minimum Gasteiger partial charge on any atom is -0.506 e. The number of carbonyl (C=O) groups excluding carboxylic acids is 1. The summed E-state index contributed by atoms with van der Waals surface area (Å²) in [7, 11) is 0. The highest BCUT2D eigenvalue weighted by Crippen LogP contribution is 2.27. The van der Waals surface area contributed by atoms with E-state index in [0.717, 1.165) is 31.5 Å². The van der Waals surface area contributed by atoms with E-state index >= 15 is 0 Å². The predicted octanol–water partition coefficient (Wildman–Crippen LogP) is 4.55. The van der Waals surface area contributed by atoms with Gasteiger partial charge in [-0.15, -0.1) is 0 Å². The summed E-state index contributed by atoms with van der Waals surface area (Å²) < 4.78 is 5.88. The van der Waals surface area contributed by atoms with Crippen molar-refractivity contribution in [2.45, 2.75) is 19.4 Å². The number of phenols is 1. The van der Waals surface area contributed by atoms with Gasteiger partial charge in [-0.3, -0.25) is 9.69 Å². The molecule has 6 nitrogen and oxygen atoms in total. The number of anilines is 1. The topological polar surface area (TPSA) is 78.6 Å². The summed E-state index contributed by atoms with van der Waals surface area (Å²) in [5, 5.41) is 13.3. The van der Waals surface area contributed by atoms with Crippen LogP contribution in [0.25, 0.3) is 11.3 Å². The summed E-state index contributed by atoms with van der Waals surface area (Å²) in [4.78, 5) is 19.1. The molecule has 29 heavy (non-hydrogen) atoms. The second kappa shape index (κ2) is 8.68. The number of likely N-dealkylation sites (tertiary alicyclic amines) is 1. The molecule has 7 heteroatoms. The molecule has 4 rings (SSSR count). The van der Waals surface area contributed by atoms with Gasteiger partial charge in [0, 0.05) is 16.5 Å². The highest BCUT2D eigenvalue weighted by Gasteiger charge is 2.26. The molecule has 1 aliphatic heterocycles. The summed E-state index contributed by atoms with van der Waals surface area (Å²) >= 11 is 6.04. The lowest BCUT2D eigenvalue weighted by Crippen LogP contribution is -2.37. The normalized spacial score (nSPS) is 15.3. The van der Waals surface area contributed by atoms with Gasteiger partial charge >= 0.3 is 0 Å². The number of carbonyl (C=O) groups is 1. The first kappa shape index (κ1) is 19.5. The standard InChI is InChI=1S/C22H22ClN3O3/c23-17-5-3-4-16(12-17)20-13-24-21(29-20)14-26-10-8-15(9-11-26)22(28)25-18-6-1-2-7-19(18)27/h1-7,12-13,15,27H,8-11,14H2,(H,25,28). The molecule has 3 aromatic rings. The molecule has 1 aliphatic rings. The fourth-order valence-electron chi connectivity index (χ4n) is 3.52. The molecule has 2 aromatic carbocycles. The lowest BCUT2D eigenvalue weighted by Gasteiger charge is -2.30. The van der Waals surface area contributed by atoms with Crippen molar-refractivity contribution in [3.8, 4) is 17.1 Å². The van der Waals surface area contributed by atoms with Gasteiger partial charge < -0.3 is 14.8 Å². The van der Waals surface area contributed by atoms with E-state index in [1.165, 1.54) is 0 Å². The number of amides is 1. The van der Waals surface area contributed by atoms with Gasteiger partial charge in [-0.2, -0.15) is 0 Å².